The van der Waals surface area contributed by atoms with Crippen LogP contribution in [-0.4, -0.2) is 39.6 Å². The van der Waals surface area contributed by atoms with Gasteiger partial charge in [0.05, 0.1) is 5.56 Å². The van der Waals surface area contributed by atoms with Crippen LogP contribution in [0.4, 0.5) is 19.0 Å². The van der Waals surface area contributed by atoms with Crippen molar-refractivity contribution in [1.29, 1.82) is 0 Å². The molecule has 1 fully saturated rings. The Bertz CT molecular complexity index is 1150. The average molecular weight is 449 g/mol. The molecule has 0 aliphatic carbocycles. The number of dihydropyridines is 1. The number of hydrogen-bond donors (Lipinski definition) is 3. The van der Waals surface area contributed by atoms with E-state index in [1.165, 1.54) is 18.3 Å². The zero-order chi connectivity index (χ0) is 22.9. The fourth-order valence-corrected chi connectivity index (χ4v) is 3.88. The first-order chi connectivity index (χ1) is 15.2. The van der Waals surface area contributed by atoms with Crippen LogP contribution in [0.15, 0.2) is 47.2 Å². The number of hydrogen-bond acceptors (Lipinski definition) is 6. The summed E-state index contributed by atoms with van der Waals surface area (Å²) in [7, 11) is 0. The minimum atomic E-state index is -4.66. The number of allylic oxidation sites excluding steroid dienone is 2. The molecule has 0 amide bonds. The maximum atomic E-state index is 13.5. The summed E-state index contributed by atoms with van der Waals surface area (Å²) >= 11 is 0. The Balaban J connectivity index is 1.76. The number of aliphatic carboxylic acids is 1. The molecule has 0 spiro atoms. The monoisotopic (exact) mass is 449 g/mol. The lowest BCUT2D eigenvalue weighted by Gasteiger charge is -2.28. The Morgan fingerprint density at radius 1 is 1.25 bits per heavy atom. The van der Waals surface area contributed by atoms with Gasteiger partial charge in [0, 0.05) is 43.2 Å². The first kappa shape index (κ1) is 21.7. The van der Waals surface area contributed by atoms with Crippen LogP contribution < -0.4 is 21.1 Å². The molecule has 2 aliphatic rings. The summed E-state index contributed by atoms with van der Waals surface area (Å²) in [6, 6.07) is 1.14. The van der Waals surface area contributed by atoms with Crippen LogP contribution in [0.1, 0.15) is 30.4 Å². The number of carbonyl (C=O) groups is 1. The normalized spacial score (nSPS) is 18.9. The van der Waals surface area contributed by atoms with E-state index < -0.39 is 29.3 Å². The van der Waals surface area contributed by atoms with Crippen molar-refractivity contribution in [3.05, 3.63) is 63.9 Å². The highest BCUT2D eigenvalue weighted by Crippen LogP contribution is 2.31. The van der Waals surface area contributed by atoms with Crippen molar-refractivity contribution in [2.45, 2.75) is 38.0 Å². The summed E-state index contributed by atoms with van der Waals surface area (Å²) in [5.74, 6) is -0.704. The van der Waals surface area contributed by atoms with Crippen molar-refractivity contribution < 1.29 is 23.1 Å². The zero-order valence-corrected chi connectivity index (χ0v) is 17.0. The van der Waals surface area contributed by atoms with Gasteiger partial charge in [-0.1, -0.05) is 0 Å². The molecule has 11 heteroatoms. The first-order valence-electron chi connectivity index (χ1n) is 10.2. The number of nitrogens with one attached hydrogen (secondary N) is 2. The number of nitrogens with zero attached hydrogens (tertiary/aromatic N) is 3. The molecule has 0 aromatic carbocycles. The predicted molar refractivity (Wildman–Crippen MR) is 111 cm³/mol. The van der Waals surface area contributed by atoms with E-state index in [0.717, 1.165) is 49.0 Å². The van der Waals surface area contributed by atoms with Gasteiger partial charge in [-0.15, -0.1) is 0 Å². The minimum Gasteiger partial charge on any atom is -0.479 e. The van der Waals surface area contributed by atoms with Gasteiger partial charge in [0.25, 0.3) is 5.56 Å². The van der Waals surface area contributed by atoms with Gasteiger partial charge in [-0.3, -0.25) is 9.20 Å². The standard InChI is InChI=1S/C21H22F3N5O3/c22-21(23,24)14-9-13(11-26-15-5-4-6-25-18(15)20(31)32)19-27-16(10-17(30)29(19)12-14)28-7-2-1-3-8-28/h4-6,9-10,12,18,25-26H,1-3,7-8,11H2,(H,31,32). The van der Waals surface area contributed by atoms with Gasteiger partial charge in [-0.2, -0.15) is 13.2 Å². The van der Waals surface area contributed by atoms with Crippen LogP contribution in [0, 0.1) is 0 Å². The molecule has 4 rings (SSSR count). The van der Waals surface area contributed by atoms with Crippen molar-refractivity contribution in [3.63, 3.8) is 0 Å². The third-order valence-electron chi connectivity index (χ3n) is 5.51. The quantitative estimate of drug-likeness (QED) is 0.644. The molecule has 2 aliphatic heterocycles. The van der Waals surface area contributed by atoms with E-state index in [1.54, 1.807) is 6.08 Å². The summed E-state index contributed by atoms with van der Waals surface area (Å²) < 4.78 is 41.4. The van der Waals surface area contributed by atoms with Crippen molar-refractivity contribution >= 4 is 17.4 Å². The molecule has 1 saturated heterocycles. The molecule has 0 saturated carbocycles. The third kappa shape index (κ3) is 4.41. The second-order valence-corrected chi connectivity index (χ2v) is 7.72. The van der Waals surface area contributed by atoms with Crippen LogP contribution in [0.3, 0.4) is 0 Å². The average Bonchev–Trinajstić information content (AvgIpc) is 2.77. The number of alkyl halides is 3. The molecule has 4 heterocycles. The highest BCUT2D eigenvalue weighted by atomic mass is 19.4. The van der Waals surface area contributed by atoms with Crippen molar-refractivity contribution in [2.24, 2.45) is 0 Å². The van der Waals surface area contributed by atoms with Gasteiger partial charge in [0.2, 0.25) is 0 Å². The van der Waals surface area contributed by atoms with Crippen molar-refractivity contribution in [1.82, 2.24) is 20.0 Å². The van der Waals surface area contributed by atoms with E-state index >= 15 is 0 Å². The Morgan fingerprint density at radius 3 is 2.69 bits per heavy atom. The van der Waals surface area contributed by atoms with Crippen molar-refractivity contribution in [2.75, 3.05) is 18.0 Å². The van der Waals surface area contributed by atoms with Crippen LogP contribution in [-0.2, 0) is 17.5 Å². The first-order valence-corrected chi connectivity index (χ1v) is 10.2. The topological polar surface area (TPSA) is 99.0 Å². The molecule has 32 heavy (non-hydrogen) atoms. The Kier molecular flexibility index (Phi) is 5.81. The number of rotatable bonds is 5. The van der Waals surface area contributed by atoms with Gasteiger partial charge in [0.1, 0.15) is 11.5 Å². The number of carboxylic acid groups (broad SMARTS) is 1. The van der Waals surface area contributed by atoms with E-state index in [1.807, 2.05) is 4.90 Å². The fraction of sp³-hybridized carbons (Fsp3) is 0.381. The molecule has 1 atom stereocenters. The summed E-state index contributed by atoms with van der Waals surface area (Å²) in [6.07, 6.45) is 3.66. The highest BCUT2D eigenvalue weighted by molar-refractivity contribution is 5.78. The summed E-state index contributed by atoms with van der Waals surface area (Å²) in [4.78, 5) is 30.6. The maximum absolute atomic E-state index is 13.5. The number of anilines is 1. The van der Waals surface area contributed by atoms with Gasteiger partial charge >= 0.3 is 12.1 Å². The number of piperidine rings is 1. The molecule has 2 aromatic heterocycles. The van der Waals surface area contributed by atoms with E-state index in [2.05, 4.69) is 15.6 Å². The second-order valence-electron chi connectivity index (χ2n) is 7.72. The van der Waals surface area contributed by atoms with Gasteiger partial charge < -0.3 is 20.6 Å². The lowest BCUT2D eigenvalue weighted by atomic mass is 10.1. The SMILES string of the molecule is O=C(O)C1NC=CC=C1NCc1cc(C(F)(F)F)cn2c(=O)cc(N3CCCCC3)nc12. The van der Waals surface area contributed by atoms with Gasteiger partial charge in [0.15, 0.2) is 6.04 Å². The number of halogens is 3. The van der Waals surface area contributed by atoms with Crippen LogP contribution in [0.25, 0.3) is 5.65 Å². The summed E-state index contributed by atoms with van der Waals surface area (Å²) in [5, 5.41) is 14.9. The smallest absolute Gasteiger partial charge is 0.417 e. The van der Waals surface area contributed by atoms with E-state index in [-0.39, 0.29) is 23.5 Å². The number of carboxylic acids is 1. The van der Waals surface area contributed by atoms with Crippen LogP contribution >= 0.6 is 0 Å². The lowest BCUT2D eigenvalue weighted by Crippen LogP contribution is -2.41. The molecule has 1 unspecified atom stereocenters. The largest absolute Gasteiger partial charge is 0.479 e. The van der Waals surface area contributed by atoms with E-state index in [0.29, 0.717) is 5.82 Å². The molecular formula is C21H22F3N5O3. The minimum absolute atomic E-state index is 0.102. The lowest BCUT2D eigenvalue weighted by molar-refractivity contribution is -0.139. The number of fused-ring (bicyclic) bond motifs is 1. The van der Waals surface area contributed by atoms with E-state index in [9.17, 15) is 27.9 Å². The molecule has 2 aromatic rings. The van der Waals surface area contributed by atoms with Crippen molar-refractivity contribution in [3.8, 4) is 0 Å². The molecular weight excluding hydrogens is 427 g/mol. The summed E-state index contributed by atoms with van der Waals surface area (Å²) in [6.45, 7) is 1.30. The Labute approximate surface area is 181 Å². The molecule has 170 valence electrons. The second kappa shape index (κ2) is 8.56. The Hall–Kier alpha value is -3.50. The van der Waals surface area contributed by atoms with Crippen LogP contribution in [0.2, 0.25) is 0 Å². The highest BCUT2D eigenvalue weighted by Gasteiger charge is 2.32. The molecule has 3 N–H and O–H groups in total. The van der Waals surface area contributed by atoms with Gasteiger partial charge in [-0.05, 0) is 43.7 Å². The number of pyridine rings is 1. The fourth-order valence-electron chi connectivity index (χ4n) is 3.88. The zero-order valence-electron chi connectivity index (χ0n) is 17.0. The summed E-state index contributed by atoms with van der Waals surface area (Å²) in [5.41, 5.74) is -1.07. The molecule has 0 radical (unpaired) electrons. The number of aromatic nitrogens is 2. The maximum Gasteiger partial charge on any atom is 0.417 e. The van der Waals surface area contributed by atoms with Gasteiger partial charge in [-0.25, -0.2) is 9.78 Å². The van der Waals surface area contributed by atoms with E-state index in [4.69, 9.17) is 0 Å². The molecule has 0 bridgehead atoms. The molecule has 8 nitrogen and oxygen atoms in total. The third-order valence-corrected chi connectivity index (χ3v) is 5.51. The van der Waals surface area contributed by atoms with Crippen LogP contribution in [0.5, 0.6) is 0 Å². The predicted octanol–water partition coefficient (Wildman–Crippen LogP) is 2.25. The Morgan fingerprint density at radius 2 is 2.00 bits per heavy atom.